The highest BCUT2D eigenvalue weighted by atomic mass is 19.1. The number of nitrogens with zero attached hydrogens (tertiary/aromatic N) is 1. The topological polar surface area (TPSA) is 4.93 Å². The first-order chi connectivity index (χ1) is 19.2. The van der Waals surface area contributed by atoms with Gasteiger partial charge in [-0.1, -0.05) is 91.0 Å². The van der Waals surface area contributed by atoms with E-state index in [0.717, 1.165) is 44.4 Å². The first kappa shape index (κ1) is 22.0. The molecule has 0 atom stereocenters. The molecule has 8 rings (SSSR count). The maximum absolute atomic E-state index is 14.7. The Labute approximate surface area is 224 Å². The first-order valence-corrected chi connectivity index (χ1v) is 13.0. The van der Waals surface area contributed by atoms with Crippen LogP contribution >= 0.6 is 0 Å². The van der Waals surface area contributed by atoms with Crippen molar-refractivity contribution in [2.75, 3.05) is 0 Å². The van der Waals surface area contributed by atoms with Crippen molar-refractivity contribution < 1.29 is 8.78 Å². The van der Waals surface area contributed by atoms with Gasteiger partial charge in [0, 0.05) is 21.9 Å². The third kappa shape index (κ3) is 3.17. The Morgan fingerprint density at radius 1 is 0.462 bits per heavy atom. The molecule has 0 bridgehead atoms. The zero-order valence-corrected chi connectivity index (χ0v) is 20.8. The fraction of sp³-hybridized carbons (Fsp3) is 0. The minimum Gasteiger partial charge on any atom is -0.308 e. The van der Waals surface area contributed by atoms with E-state index in [1.165, 1.54) is 39.8 Å². The second-order valence-electron chi connectivity index (χ2n) is 10.0. The van der Waals surface area contributed by atoms with E-state index in [0.29, 0.717) is 0 Å². The maximum atomic E-state index is 14.7. The molecule has 39 heavy (non-hydrogen) atoms. The molecule has 1 heterocycles. The van der Waals surface area contributed by atoms with Gasteiger partial charge >= 0.3 is 0 Å². The third-order valence-corrected chi connectivity index (χ3v) is 7.85. The number of hydrogen-bond donors (Lipinski definition) is 0. The SMILES string of the molecule is Fc1cccc(-c2c(-c3cccc(F)c3)n(-c3ccc4c5c(cccc35)-c3ccccc3-4)c3ccccc23)c1. The maximum Gasteiger partial charge on any atom is 0.123 e. The molecular formula is C36H21F2N. The number of aromatic nitrogens is 1. The van der Waals surface area contributed by atoms with Gasteiger partial charge in [0.2, 0.25) is 0 Å². The normalized spacial score (nSPS) is 11.8. The van der Waals surface area contributed by atoms with Crippen molar-refractivity contribution in [1.29, 1.82) is 0 Å². The van der Waals surface area contributed by atoms with Crippen LogP contribution in [0.2, 0.25) is 0 Å². The van der Waals surface area contributed by atoms with Gasteiger partial charge in [0.1, 0.15) is 11.6 Å². The summed E-state index contributed by atoms with van der Waals surface area (Å²) in [6.07, 6.45) is 0. The molecule has 1 nitrogen and oxygen atoms in total. The quantitative estimate of drug-likeness (QED) is 0.225. The lowest BCUT2D eigenvalue weighted by molar-refractivity contribution is 0.627. The van der Waals surface area contributed by atoms with Gasteiger partial charge in [0.05, 0.1) is 16.9 Å². The summed E-state index contributed by atoms with van der Waals surface area (Å²) in [5.74, 6) is -0.622. The minimum absolute atomic E-state index is 0.308. The molecule has 184 valence electrons. The average Bonchev–Trinajstić information content (AvgIpc) is 3.48. The van der Waals surface area contributed by atoms with Crippen molar-refractivity contribution in [3.05, 3.63) is 139 Å². The molecule has 1 aromatic heterocycles. The van der Waals surface area contributed by atoms with Gasteiger partial charge in [-0.15, -0.1) is 0 Å². The van der Waals surface area contributed by atoms with E-state index >= 15 is 0 Å². The standard InChI is InChI=1S/C36H21F2N/c37-24-10-5-8-22(20-24)34-30-14-3-4-17-32(30)39(36(34)23-9-6-11-25(38)21-23)33-19-18-29-27-13-2-1-12-26(27)28-15-7-16-31(33)35(28)29/h1-21H. The molecule has 0 aliphatic heterocycles. The Morgan fingerprint density at radius 3 is 1.82 bits per heavy atom. The largest absolute Gasteiger partial charge is 0.308 e. The second kappa shape index (κ2) is 8.24. The Hall–Kier alpha value is -5.02. The monoisotopic (exact) mass is 505 g/mol. The molecule has 0 saturated carbocycles. The number of fused-ring (bicyclic) bond motifs is 4. The van der Waals surface area contributed by atoms with Crippen LogP contribution in [0, 0.1) is 11.6 Å². The summed E-state index contributed by atoms with van der Waals surface area (Å²) in [5.41, 5.74) is 10.1. The summed E-state index contributed by atoms with van der Waals surface area (Å²) < 4.78 is 31.5. The first-order valence-electron chi connectivity index (χ1n) is 13.0. The summed E-state index contributed by atoms with van der Waals surface area (Å²) in [5, 5.41) is 3.31. The highest BCUT2D eigenvalue weighted by Gasteiger charge is 2.26. The predicted octanol–water partition coefficient (Wildman–Crippen LogP) is 10.0. The van der Waals surface area contributed by atoms with Crippen molar-refractivity contribution in [3.8, 4) is 50.3 Å². The van der Waals surface area contributed by atoms with Crippen LogP contribution in [0.4, 0.5) is 8.78 Å². The van der Waals surface area contributed by atoms with Gasteiger partial charge in [-0.2, -0.15) is 0 Å². The van der Waals surface area contributed by atoms with Crippen LogP contribution in [0.3, 0.4) is 0 Å². The smallest absolute Gasteiger partial charge is 0.123 e. The number of rotatable bonds is 3. The molecule has 0 fully saturated rings. The Kier molecular flexibility index (Phi) is 4.65. The van der Waals surface area contributed by atoms with Crippen molar-refractivity contribution in [2.24, 2.45) is 0 Å². The average molecular weight is 506 g/mol. The van der Waals surface area contributed by atoms with Gasteiger partial charge in [-0.25, -0.2) is 8.78 Å². The molecule has 0 amide bonds. The molecule has 1 aliphatic rings. The molecule has 3 heteroatoms. The summed E-state index contributed by atoms with van der Waals surface area (Å²) in [7, 11) is 0. The number of para-hydroxylation sites is 1. The summed E-state index contributed by atoms with van der Waals surface area (Å²) in [4.78, 5) is 0. The van der Waals surface area contributed by atoms with E-state index in [1.54, 1.807) is 24.3 Å². The molecular weight excluding hydrogens is 484 g/mol. The number of benzene rings is 6. The van der Waals surface area contributed by atoms with Crippen LogP contribution in [0.5, 0.6) is 0 Å². The van der Waals surface area contributed by atoms with Crippen molar-refractivity contribution in [2.45, 2.75) is 0 Å². The Bertz CT molecular complexity index is 2070. The highest BCUT2D eigenvalue weighted by molar-refractivity contribution is 6.18. The zero-order chi connectivity index (χ0) is 26.1. The van der Waals surface area contributed by atoms with Gasteiger partial charge in [-0.05, 0) is 69.6 Å². The van der Waals surface area contributed by atoms with Crippen molar-refractivity contribution >= 4 is 21.7 Å². The van der Waals surface area contributed by atoms with Gasteiger partial charge < -0.3 is 4.57 Å². The van der Waals surface area contributed by atoms with Crippen LogP contribution < -0.4 is 0 Å². The number of halogens is 2. The summed E-state index contributed by atoms with van der Waals surface area (Å²) >= 11 is 0. The molecule has 0 N–H and O–H groups in total. The van der Waals surface area contributed by atoms with E-state index in [4.69, 9.17) is 0 Å². The van der Waals surface area contributed by atoms with Crippen LogP contribution in [0.1, 0.15) is 0 Å². The second-order valence-corrected chi connectivity index (χ2v) is 10.0. The third-order valence-electron chi connectivity index (χ3n) is 7.85. The van der Waals surface area contributed by atoms with Crippen LogP contribution in [-0.2, 0) is 0 Å². The van der Waals surface area contributed by atoms with Crippen molar-refractivity contribution in [3.63, 3.8) is 0 Å². The van der Waals surface area contributed by atoms with Crippen LogP contribution in [0.25, 0.3) is 72.0 Å². The Morgan fingerprint density at radius 2 is 1.05 bits per heavy atom. The fourth-order valence-corrected chi connectivity index (χ4v) is 6.32. The van der Waals surface area contributed by atoms with E-state index in [9.17, 15) is 8.78 Å². The van der Waals surface area contributed by atoms with Crippen LogP contribution in [-0.4, -0.2) is 4.57 Å². The summed E-state index contributed by atoms with van der Waals surface area (Å²) in [6.45, 7) is 0. The van der Waals surface area contributed by atoms with E-state index in [2.05, 4.69) is 71.3 Å². The minimum atomic E-state index is -0.314. The molecule has 0 unspecified atom stereocenters. The lowest BCUT2D eigenvalue weighted by Gasteiger charge is -2.17. The van der Waals surface area contributed by atoms with E-state index in [1.807, 2.05) is 24.3 Å². The summed E-state index contributed by atoms with van der Waals surface area (Å²) in [6, 6.07) is 40.8. The molecule has 0 radical (unpaired) electrons. The van der Waals surface area contributed by atoms with Gasteiger partial charge in [0.25, 0.3) is 0 Å². The van der Waals surface area contributed by atoms with E-state index < -0.39 is 0 Å². The highest BCUT2D eigenvalue weighted by Crippen LogP contribution is 2.50. The molecule has 0 spiro atoms. The molecule has 6 aromatic carbocycles. The molecule has 7 aromatic rings. The molecule has 1 aliphatic carbocycles. The van der Waals surface area contributed by atoms with Gasteiger partial charge in [-0.3, -0.25) is 0 Å². The van der Waals surface area contributed by atoms with Gasteiger partial charge in [0.15, 0.2) is 0 Å². The fourth-order valence-electron chi connectivity index (χ4n) is 6.32. The zero-order valence-electron chi connectivity index (χ0n) is 20.8. The predicted molar refractivity (Wildman–Crippen MR) is 156 cm³/mol. The molecule has 0 saturated heterocycles. The Balaban J connectivity index is 1.54. The lowest BCUT2D eigenvalue weighted by Crippen LogP contribution is -1.99. The van der Waals surface area contributed by atoms with E-state index in [-0.39, 0.29) is 11.6 Å². The van der Waals surface area contributed by atoms with Crippen LogP contribution in [0.15, 0.2) is 127 Å². The number of hydrogen-bond acceptors (Lipinski definition) is 0. The lowest BCUT2D eigenvalue weighted by atomic mass is 9.97. The van der Waals surface area contributed by atoms with Crippen molar-refractivity contribution in [1.82, 2.24) is 4.57 Å².